The number of oxazole rings is 1. The van der Waals surface area contributed by atoms with Crippen molar-refractivity contribution < 1.29 is 22.4 Å². The first-order chi connectivity index (χ1) is 14.2. The summed E-state index contributed by atoms with van der Waals surface area (Å²) in [6.45, 7) is 5.33. The van der Waals surface area contributed by atoms with Gasteiger partial charge in [0.05, 0.1) is 12.1 Å². The number of nitrogens with zero attached hydrogens (tertiary/aromatic N) is 2. The van der Waals surface area contributed by atoms with Crippen LogP contribution in [0.5, 0.6) is 0 Å². The SMILES string of the molecule is CC(=O)c1c(C)n(Cc2nc(-c3ccccc3C(F)(F)F)oc2C)c2ccccc12. The lowest BCUT2D eigenvalue weighted by molar-refractivity contribution is -0.137. The average Bonchev–Trinajstić information content (AvgIpc) is 3.19. The molecule has 2 heterocycles. The van der Waals surface area contributed by atoms with Crippen molar-refractivity contribution >= 4 is 16.7 Å². The van der Waals surface area contributed by atoms with Gasteiger partial charge >= 0.3 is 6.18 Å². The lowest BCUT2D eigenvalue weighted by Gasteiger charge is -2.09. The number of aromatic nitrogens is 2. The van der Waals surface area contributed by atoms with Crippen LogP contribution in [-0.2, 0) is 12.7 Å². The van der Waals surface area contributed by atoms with Gasteiger partial charge in [-0.2, -0.15) is 13.2 Å². The van der Waals surface area contributed by atoms with E-state index in [2.05, 4.69) is 4.98 Å². The fraction of sp³-hybridized carbons (Fsp3) is 0.217. The molecule has 0 amide bonds. The molecule has 0 N–H and O–H groups in total. The van der Waals surface area contributed by atoms with Crippen molar-refractivity contribution in [2.75, 3.05) is 0 Å². The molecule has 4 nitrogen and oxygen atoms in total. The topological polar surface area (TPSA) is 48.0 Å². The molecule has 0 atom stereocenters. The van der Waals surface area contributed by atoms with Crippen molar-refractivity contribution in [3.8, 4) is 11.5 Å². The highest BCUT2D eigenvalue weighted by atomic mass is 19.4. The molecule has 0 aliphatic carbocycles. The minimum atomic E-state index is -4.51. The number of halogens is 3. The number of hydrogen-bond acceptors (Lipinski definition) is 3. The van der Waals surface area contributed by atoms with E-state index in [1.165, 1.54) is 25.1 Å². The number of ketones is 1. The number of aryl methyl sites for hydroxylation is 1. The van der Waals surface area contributed by atoms with Crippen LogP contribution in [0.2, 0.25) is 0 Å². The molecule has 0 aliphatic heterocycles. The smallest absolute Gasteiger partial charge is 0.417 e. The summed E-state index contributed by atoms with van der Waals surface area (Å²) in [5.41, 5.74) is 1.90. The minimum absolute atomic E-state index is 0.0425. The second-order valence-electron chi connectivity index (χ2n) is 7.19. The fourth-order valence-electron chi connectivity index (χ4n) is 3.84. The summed E-state index contributed by atoms with van der Waals surface area (Å²) in [6.07, 6.45) is -4.51. The molecule has 4 aromatic rings. The second-order valence-corrected chi connectivity index (χ2v) is 7.19. The summed E-state index contributed by atoms with van der Waals surface area (Å²) >= 11 is 0. The molecule has 0 spiro atoms. The van der Waals surface area contributed by atoms with Gasteiger partial charge < -0.3 is 8.98 Å². The molecule has 2 aromatic carbocycles. The van der Waals surface area contributed by atoms with Gasteiger partial charge in [-0.05, 0) is 39.0 Å². The summed E-state index contributed by atoms with van der Waals surface area (Å²) < 4.78 is 47.7. The van der Waals surface area contributed by atoms with Crippen LogP contribution in [0.1, 0.15) is 40.0 Å². The van der Waals surface area contributed by atoms with Gasteiger partial charge in [0.1, 0.15) is 11.5 Å². The Morgan fingerprint density at radius 3 is 2.43 bits per heavy atom. The molecule has 154 valence electrons. The predicted molar refractivity (Wildman–Crippen MR) is 107 cm³/mol. The average molecular weight is 412 g/mol. The summed E-state index contributed by atoms with van der Waals surface area (Å²) in [6, 6.07) is 12.8. The molecule has 7 heteroatoms. The van der Waals surface area contributed by atoms with Crippen LogP contribution in [-0.4, -0.2) is 15.3 Å². The highest BCUT2D eigenvalue weighted by Crippen LogP contribution is 2.37. The van der Waals surface area contributed by atoms with Crippen LogP contribution in [0.3, 0.4) is 0 Å². The van der Waals surface area contributed by atoms with Gasteiger partial charge in [0.2, 0.25) is 5.89 Å². The third-order valence-electron chi connectivity index (χ3n) is 5.25. The lowest BCUT2D eigenvalue weighted by atomic mass is 10.1. The number of fused-ring (bicyclic) bond motifs is 1. The monoisotopic (exact) mass is 412 g/mol. The molecule has 2 aromatic heterocycles. The third-order valence-corrected chi connectivity index (χ3v) is 5.25. The molecule has 0 fully saturated rings. The van der Waals surface area contributed by atoms with E-state index < -0.39 is 11.7 Å². The van der Waals surface area contributed by atoms with Crippen molar-refractivity contribution in [2.45, 2.75) is 33.5 Å². The van der Waals surface area contributed by atoms with E-state index in [9.17, 15) is 18.0 Å². The van der Waals surface area contributed by atoms with Gasteiger partial charge in [0.15, 0.2) is 5.78 Å². The Labute approximate surface area is 171 Å². The number of carbonyl (C=O) groups excluding carboxylic acids is 1. The van der Waals surface area contributed by atoms with Crippen LogP contribution < -0.4 is 0 Å². The summed E-state index contributed by atoms with van der Waals surface area (Å²) in [5.74, 6) is 0.319. The maximum Gasteiger partial charge on any atom is 0.417 e. The van der Waals surface area contributed by atoms with E-state index in [-0.39, 0.29) is 23.8 Å². The van der Waals surface area contributed by atoms with E-state index in [0.717, 1.165) is 22.7 Å². The van der Waals surface area contributed by atoms with Crippen LogP contribution in [0, 0.1) is 13.8 Å². The largest absolute Gasteiger partial charge is 0.441 e. The number of hydrogen-bond donors (Lipinski definition) is 0. The quantitative estimate of drug-likeness (QED) is 0.376. The van der Waals surface area contributed by atoms with Gasteiger partial charge in [-0.1, -0.05) is 30.3 Å². The Kier molecular flexibility index (Phi) is 4.76. The van der Waals surface area contributed by atoms with E-state index in [0.29, 0.717) is 17.0 Å². The van der Waals surface area contributed by atoms with Gasteiger partial charge in [-0.3, -0.25) is 4.79 Å². The Morgan fingerprint density at radius 2 is 1.73 bits per heavy atom. The Balaban J connectivity index is 1.81. The standard InChI is InChI=1S/C23H19F3N2O2/c1-13-21(14(2)29)17-9-5-7-11-20(17)28(13)12-19-15(3)30-22(27-19)16-8-4-6-10-18(16)23(24,25)26/h4-11H,12H2,1-3H3. The van der Waals surface area contributed by atoms with E-state index >= 15 is 0 Å². The molecular weight excluding hydrogens is 393 g/mol. The maximum atomic E-state index is 13.4. The zero-order chi connectivity index (χ0) is 21.6. The summed E-state index contributed by atoms with van der Waals surface area (Å²) in [4.78, 5) is 16.6. The lowest BCUT2D eigenvalue weighted by Crippen LogP contribution is -2.07. The fourth-order valence-corrected chi connectivity index (χ4v) is 3.84. The molecule has 0 bridgehead atoms. The van der Waals surface area contributed by atoms with Crippen LogP contribution >= 0.6 is 0 Å². The van der Waals surface area contributed by atoms with Gasteiger partial charge in [0.25, 0.3) is 0 Å². The summed E-state index contributed by atoms with van der Waals surface area (Å²) in [5, 5.41) is 0.839. The van der Waals surface area contributed by atoms with Gasteiger partial charge in [-0.15, -0.1) is 0 Å². The first-order valence-electron chi connectivity index (χ1n) is 9.40. The number of benzene rings is 2. The van der Waals surface area contributed by atoms with Crippen molar-refractivity contribution in [1.82, 2.24) is 9.55 Å². The number of para-hydroxylation sites is 1. The van der Waals surface area contributed by atoms with Crippen molar-refractivity contribution in [3.05, 3.63) is 76.8 Å². The van der Waals surface area contributed by atoms with Crippen LogP contribution in [0.4, 0.5) is 13.2 Å². The van der Waals surface area contributed by atoms with Gasteiger partial charge in [0, 0.05) is 27.7 Å². The first kappa shape index (κ1) is 19.9. The Bertz CT molecular complexity index is 1270. The zero-order valence-corrected chi connectivity index (χ0v) is 16.7. The number of alkyl halides is 3. The first-order valence-corrected chi connectivity index (χ1v) is 9.40. The Morgan fingerprint density at radius 1 is 1.07 bits per heavy atom. The van der Waals surface area contributed by atoms with Crippen LogP contribution in [0.25, 0.3) is 22.4 Å². The molecule has 0 saturated carbocycles. The number of Topliss-reactive ketones (excluding diaryl/α,β-unsaturated/α-hetero) is 1. The van der Waals surface area contributed by atoms with Crippen molar-refractivity contribution in [2.24, 2.45) is 0 Å². The molecular formula is C23H19F3N2O2. The predicted octanol–water partition coefficient (Wildman–Crippen LogP) is 6.18. The van der Waals surface area contributed by atoms with Crippen molar-refractivity contribution in [3.63, 3.8) is 0 Å². The molecule has 0 saturated heterocycles. The number of carbonyl (C=O) groups is 1. The molecule has 30 heavy (non-hydrogen) atoms. The maximum absolute atomic E-state index is 13.4. The normalized spacial score (nSPS) is 11.9. The highest BCUT2D eigenvalue weighted by Gasteiger charge is 2.34. The van der Waals surface area contributed by atoms with E-state index in [1.807, 2.05) is 35.8 Å². The van der Waals surface area contributed by atoms with Crippen molar-refractivity contribution in [1.29, 1.82) is 0 Å². The summed E-state index contributed by atoms with van der Waals surface area (Å²) in [7, 11) is 0. The van der Waals surface area contributed by atoms with E-state index in [1.54, 1.807) is 6.92 Å². The van der Waals surface area contributed by atoms with Gasteiger partial charge in [-0.25, -0.2) is 4.98 Å². The van der Waals surface area contributed by atoms with E-state index in [4.69, 9.17) is 4.42 Å². The molecule has 0 unspecified atom stereocenters. The second kappa shape index (κ2) is 7.16. The molecule has 0 radical (unpaired) electrons. The number of rotatable bonds is 4. The Hall–Kier alpha value is -3.35. The third kappa shape index (κ3) is 3.30. The molecule has 0 aliphatic rings. The molecule has 4 rings (SSSR count). The zero-order valence-electron chi connectivity index (χ0n) is 16.7. The highest BCUT2D eigenvalue weighted by molar-refractivity contribution is 6.08. The van der Waals surface area contributed by atoms with Crippen LogP contribution in [0.15, 0.2) is 52.9 Å². The minimum Gasteiger partial charge on any atom is -0.441 e.